The van der Waals surface area contributed by atoms with Crippen molar-refractivity contribution in [3.8, 4) is 0 Å². The van der Waals surface area contributed by atoms with E-state index in [9.17, 15) is 13.2 Å². The summed E-state index contributed by atoms with van der Waals surface area (Å²) in [5.74, 6) is 0. The van der Waals surface area contributed by atoms with E-state index in [2.05, 4.69) is 19.2 Å². The van der Waals surface area contributed by atoms with E-state index >= 15 is 0 Å². The molecule has 0 aromatic rings. The van der Waals surface area contributed by atoms with Gasteiger partial charge in [0, 0.05) is 12.6 Å². The Morgan fingerprint density at radius 3 is 2.29 bits per heavy atom. The summed E-state index contributed by atoms with van der Waals surface area (Å²) < 4.78 is 36.0. The van der Waals surface area contributed by atoms with Gasteiger partial charge >= 0.3 is 6.18 Å². The van der Waals surface area contributed by atoms with Crippen LogP contribution in [-0.2, 0) is 0 Å². The molecule has 2 nitrogen and oxygen atoms in total. The van der Waals surface area contributed by atoms with Gasteiger partial charge in [-0.05, 0) is 39.4 Å². The first-order chi connectivity index (χ1) is 7.89. The molecular formula is C12H25F3N2. The second-order valence-corrected chi connectivity index (χ2v) is 4.47. The lowest BCUT2D eigenvalue weighted by Crippen LogP contribution is -2.30. The van der Waals surface area contributed by atoms with Crippen LogP contribution in [0.15, 0.2) is 0 Å². The normalized spacial score (nSPS) is 14.3. The topological polar surface area (TPSA) is 15.3 Å². The third-order valence-electron chi connectivity index (χ3n) is 2.86. The van der Waals surface area contributed by atoms with Gasteiger partial charge in [0.15, 0.2) is 0 Å². The molecule has 0 amide bonds. The molecule has 0 fully saturated rings. The van der Waals surface area contributed by atoms with Gasteiger partial charge in [0.2, 0.25) is 0 Å². The van der Waals surface area contributed by atoms with Crippen molar-refractivity contribution in [1.29, 1.82) is 0 Å². The smallest absolute Gasteiger partial charge is 0.314 e. The van der Waals surface area contributed by atoms with Crippen LogP contribution >= 0.6 is 0 Å². The summed E-state index contributed by atoms with van der Waals surface area (Å²) in [6.07, 6.45) is -1.71. The molecule has 1 atom stereocenters. The Morgan fingerprint density at radius 2 is 1.82 bits per heavy atom. The third kappa shape index (κ3) is 10.6. The van der Waals surface area contributed by atoms with Crippen LogP contribution in [0.1, 0.15) is 39.5 Å². The fraction of sp³-hybridized carbons (Fsp3) is 1.00. The van der Waals surface area contributed by atoms with Crippen molar-refractivity contribution in [3.05, 3.63) is 0 Å². The molecule has 0 aliphatic rings. The predicted octanol–water partition coefficient (Wildman–Crippen LogP) is 3.04. The molecule has 0 aliphatic carbocycles. The average molecular weight is 254 g/mol. The quantitative estimate of drug-likeness (QED) is 0.680. The number of nitrogens with zero attached hydrogens (tertiary/aromatic N) is 1. The van der Waals surface area contributed by atoms with Gasteiger partial charge in [-0.25, -0.2) is 0 Å². The molecule has 17 heavy (non-hydrogen) atoms. The lowest BCUT2D eigenvalue weighted by molar-refractivity contribution is -0.137. The molecule has 5 heteroatoms. The molecule has 0 aromatic carbocycles. The van der Waals surface area contributed by atoms with Crippen LogP contribution in [0.4, 0.5) is 13.2 Å². The summed E-state index contributed by atoms with van der Waals surface area (Å²) in [5.41, 5.74) is 0. The minimum absolute atomic E-state index is 0.0987. The van der Waals surface area contributed by atoms with Gasteiger partial charge in [0.1, 0.15) is 0 Å². The molecule has 0 saturated heterocycles. The molecule has 0 rings (SSSR count). The Hall–Kier alpha value is -0.290. The summed E-state index contributed by atoms with van der Waals surface area (Å²) >= 11 is 0. The molecule has 0 saturated carbocycles. The van der Waals surface area contributed by atoms with Gasteiger partial charge in [-0.15, -0.1) is 0 Å². The number of hydrogen-bond donors (Lipinski definition) is 1. The molecule has 1 N–H and O–H groups in total. The van der Waals surface area contributed by atoms with Gasteiger partial charge in [-0.2, -0.15) is 13.2 Å². The van der Waals surface area contributed by atoms with Crippen LogP contribution in [0.5, 0.6) is 0 Å². The van der Waals surface area contributed by atoms with E-state index in [0.29, 0.717) is 6.04 Å². The number of nitrogens with one attached hydrogen (secondary N) is 1. The van der Waals surface area contributed by atoms with E-state index in [1.165, 1.54) is 0 Å². The van der Waals surface area contributed by atoms with Crippen molar-refractivity contribution in [2.45, 2.75) is 51.7 Å². The van der Waals surface area contributed by atoms with Crippen molar-refractivity contribution < 1.29 is 13.2 Å². The minimum Gasteiger partial charge on any atom is -0.314 e. The van der Waals surface area contributed by atoms with Gasteiger partial charge in [-0.3, -0.25) is 0 Å². The van der Waals surface area contributed by atoms with Crippen LogP contribution in [-0.4, -0.2) is 43.8 Å². The Kier molecular flexibility index (Phi) is 8.60. The first-order valence-corrected chi connectivity index (χ1v) is 6.37. The summed E-state index contributed by atoms with van der Waals surface area (Å²) in [6, 6.07) is 0.496. The van der Waals surface area contributed by atoms with Crippen LogP contribution in [0, 0.1) is 0 Å². The highest BCUT2D eigenvalue weighted by Gasteiger charge is 2.26. The Balaban J connectivity index is 3.59. The van der Waals surface area contributed by atoms with Gasteiger partial charge in [-0.1, -0.05) is 13.8 Å². The highest BCUT2D eigenvalue weighted by Crippen LogP contribution is 2.19. The summed E-state index contributed by atoms with van der Waals surface area (Å²) in [7, 11) is 1.75. The van der Waals surface area contributed by atoms with Gasteiger partial charge in [0.25, 0.3) is 0 Å². The Labute approximate surface area is 103 Å². The monoisotopic (exact) mass is 254 g/mol. The Bertz CT molecular complexity index is 183. The van der Waals surface area contributed by atoms with E-state index in [1.807, 2.05) is 0 Å². The van der Waals surface area contributed by atoms with Crippen molar-refractivity contribution in [3.63, 3.8) is 0 Å². The first-order valence-electron chi connectivity index (χ1n) is 6.37. The zero-order valence-corrected chi connectivity index (χ0v) is 11.1. The first kappa shape index (κ1) is 16.7. The van der Waals surface area contributed by atoms with Crippen LogP contribution in [0.25, 0.3) is 0 Å². The maximum atomic E-state index is 12.0. The van der Waals surface area contributed by atoms with Crippen LogP contribution in [0.2, 0.25) is 0 Å². The number of alkyl halides is 3. The molecule has 104 valence electrons. The standard InChI is InChI=1S/C12H25F3N2/c1-4-11(16-5-2)7-6-9-17(3)10-8-12(13,14)15/h11,16H,4-10H2,1-3H3. The zero-order valence-electron chi connectivity index (χ0n) is 11.1. The number of hydrogen-bond acceptors (Lipinski definition) is 2. The minimum atomic E-state index is -4.04. The molecule has 0 spiro atoms. The van der Waals surface area contributed by atoms with Crippen molar-refractivity contribution >= 4 is 0 Å². The van der Waals surface area contributed by atoms with E-state index in [-0.39, 0.29) is 6.54 Å². The number of rotatable bonds is 9. The fourth-order valence-electron chi connectivity index (χ4n) is 1.78. The largest absolute Gasteiger partial charge is 0.390 e. The van der Waals surface area contributed by atoms with Crippen LogP contribution in [0.3, 0.4) is 0 Å². The molecule has 0 bridgehead atoms. The van der Waals surface area contributed by atoms with Crippen LogP contribution < -0.4 is 5.32 Å². The molecule has 0 radical (unpaired) electrons. The molecule has 1 unspecified atom stereocenters. The summed E-state index contributed by atoms with van der Waals surface area (Å²) in [4.78, 5) is 1.76. The zero-order chi connectivity index (χ0) is 13.3. The lowest BCUT2D eigenvalue weighted by atomic mass is 10.1. The predicted molar refractivity (Wildman–Crippen MR) is 65.2 cm³/mol. The second kappa shape index (κ2) is 8.75. The van der Waals surface area contributed by atoms with E-state index in [4.69, 9.17) is 0 Å². The molecule has 0 heterocycles. The lowest BCUT2D eigenvalue weighted by Gasteiger charge is -2.20. The molecule has 0 aromatic heterocycles. The highest BCUT2D eigenvalue weighted by atomic mass is 19.4. The molecule has 0 aliphatic heterocycles. The van der Waals surface area contributed by atoms with E-state index < -0.39 is 12.6 Å². The fourth-order valence-corrected chi connectivity index (χ4v) is 1.78. The maximum absolute atomic E-state index is 12.0. The van der Waals surface area contributed by atoms with Gasteiger partial charge < -0.3 is 10.2 Å². The summed E-state index contributed by atoms with van der Waals surface area (Å²) in [6.45, 7) is 5.97. The SMILES string of the molecule is CCNC(CC)CCCN(C)CCC(F)(F)F. The number of halogens is 3. The Morgan fingerprint density at radius 1 is 1.18 bits per heavy atom. The molecular weight excluding hydrogens is 229 g/mol. The summed E-state index contributed by atoms with van der Waals surface area (Å²) in [5, 5.41) is 3.36. The van der Waals surface area contributed by atoms with Crippen molar-refractivity contribution in [2.75, 3.05) is 26.7 Å². The third-order valence-corrected chi connectivity index (χ3v) is 2.86. The van der Waals surface area contributed by atoms with E-state index in [0.717, 1.165) is 32.4 Å². The van der Waals surface area contributed by atoms with Crippen molar-refractivity contribution in [1.82, 2.24) is 10.2 Å². The maximum Gasteiger partial charge on any atom is 0.390 e. The van der Waals surface area contributed by atoms with Crippen molar-refractivity contribution in [2.24, 2.45) is 0 Å². The second-order valence-electron chi connectivity index (χ2n) is 4.47. The highest BCUT2D eigenvalue weighted by molar-refractivity contribution is 4.65. The average Bonchev–Trinajstić information content (AvgIpc) is 2.24. The van der Waals surface area contributed by atoms with Gasteiger partial charge in [0.05, 0.1) is 6.42 Å². The van der Waals surface area contributed by atoms with E-state index in [1.54, 1.807) is 11.9 Å².